The van der Waals surface area contributed by atoms with Gasteiger partial charge in [-0.25, -0.2) is 0 Å². The standard InChI is InChI=1S/C10H10BrClO3/c1-14-10(13)4-5-15-9-3-2-7(11)6-8(9)12/h2-3,6H,4-5H2,1H3. The van der Waals surface area contributed by atoms with Crippen molar-refractivity contribution in [2.45, 2.75) is 6.42 Å². The Hall–Kier alpha value is -0.740. The lowest BCUT2D eigenvalue weighted by Gasteiger charge is -2.07. The Labute approximate surface area is 101 Å². The summed E-state index contributed by atoms with van der Waals surface area (Å²) in [7, 11) is 1.34. The molecule has 0 aliphatic heterocycles. The molecular formula is C10H10BrClO3. The van der Waals surface area contributed by atoms with Gasteiger partial charge in [-0.2, -0.15) is 0 Å². The van der Waals surface area contributed by atoms with E-state index in [4.69, 9.17) is 16.3 Å². The summed E-state index contributed by atoms with van der Waals surface area (Å²) in [5.41, 5.74) is 0. The maximum Gasteiger partial charge on any atom is 0.308 e. The third-order valence-corrected chi connectivity index (χ3v) is 2.47. The highest BCUT2D eigenvalue weighted by molar-refractivity contribution is 9.10. The van der Waals surface area contributed by atoms with Crippen LogP contribution in [0.15, 0.2) is 22.7 Å². The van der Waals surface area contributed by atoms with Crippen molar-refractivity contribution in [1.82, 2.24) is 0 Å². The quantitative estimate of drug-likeness (QED) is 0.801. The van der Waals surface area contributed by atoms with Gasteiger partial charge in [0.25, 0.3) is 0 Å². The summed E-state index contributed by atoms with van der Waals surface area (Å²) in [6.45, 7) is 0.258. The number of hydrogen-bond acceptors (Lipinski definition) is 3. The number of hydrogen-bond donors (Lipinski definition) is 0. The van der Waals surface area contributed by atoms with Gasteiger partial charge in [-0.15, -0.1) is 0 Å². The molecule has 82 valence electrons. The normalized spacial score (nSPS) is 9.80. The van der Waals surface area contributed by atoms with Gasteiger partial charge in [0.15, 0.2) is 0 Å². The van der Waals surface area contributed by atoms with Gasteiger partial charge in [0.05, 0.1) is 25.2 Å². The predicted molar refractivity (Wildman–Crippen MR) is 61.3 cm³/mol. The molecule has 0 saturated carbocycles. The summed E-state index contributed by atoms with van der Waals surface area (Å²) in [5, 5.41) is 0.509. The molecule has 0 bridgehead atoms. The summed E-state index contributed by atoms with van der Waals surface area (Å²) >= 11 is 9.19. The molecule has 15 heavy (non-hydrogen) atoms. The zero-order valence-corrected chi connectivity index (χ0v) is 10.5. The van der Waals surface area contributed by atoms with Crippen molar-refractivity contribution < 1.29 is 14.3 Å². The van der Waals surface area contributed by atoms with Gasteiger partial charge in [-0.3, -0.25) is 4.79 Å². The molecule has 0 heterocycles. The van der Waals surface area contributed by atoms with E-state index in [0.717, 1.165) is 4.47 Å². The molecule has 0 saturated heterocycles. The average molecular weight is 294 g/mol. The molecule has 0 aliphatic carbocycles. The van der Waals surface area contributed by atoms with Gasteiger partial charge < -0.3 is 9.47 Å². The SMILES string of the molecule is COC(=O)CCOc1ccc(Br)cc1Cl. The van der Waals surface area contributed by atoms with Gasteiger partial charge >= 0.3 is 5.97 Å². The summed E-state index contributed by atoms with van der Waals surface area (Å²) < 4.78 is 10.7. The van der Waals surface area contributed by atoms with Crippen LogP contribution in [-0.4, -0.2) is 19.7 Å². The Bertz CT molecular complexity index is 355. The van der Waals surface area contributed by atoms with Crippen LogP contribution in [0.5, 0.6) is 5.75 Å². The summed E-state index contributed by atoms with van der Waals surface area (Å²) in [6, 6.07) is 5.29. The molecule has 0 N–H and O–H groups in total. The molecule has 5 heteroatoms. The second kappa shape index (κ2) is 5.98. The lowest BCUT2D eigenvalue weighted by atomic mass is 10.3. The number of ether oxygens (including phenoxy) is 2. The third-order valence-electron chi connectivity index (χ3n) is 1.69. The molecule has 0 amide bonds. The number of carbonyl (C=O) groups excluding carboxylic acids is 1. The Morgan fingerprint density at radius 3 is 2.87 bits per heavy atom. The van der Waals surface area contributed by atoms with Crippen molar-refractivity contribution >= 4 is 33.5 Å². The van der Waals surface area contributed by atoms with Crippen molar-refractivity contribution in [2.75, 3.05) is 13.7 Å². The van der Waals surface area contributed by atoms with Crippen molar-refractivity contribution in [2.24, 2.45) is 0 Å². The van der Waals surface area contributed by atoms with Crippen LogP contribution in [0.25, 0.3) is 0 Å². The predicted octanol–water partition coefficient (Wildman–Crippen LogP) is 3.04. The highest BCUT2D eigenvalue weighted by Gasteiger charge is 2.04. The fraction of sp³-hybridized carbons (Fsp3) is 0.300. The topological polar surface area (TPSA) is 35.5 Å². The van der Waals surface area contributed by atoms with Crippen molar-refractivity contribution in [3.63, 3.8) is 0 Å². The first-order valence-corrected chi connectivity index (χ1v) is 5.45. The fourth-order valence-corrected chi connectivity index (χ4v) is 1.67. The lowest BCUT2D eigenvalue weighted by Crippen LogP contribution is -2.07. The Kier molecular flexibility index (Phi) is 4.91. The monoisotopic (exact) mass is 292 g/mol. The molecule has 0 unspecified atom stereocenters. The van der Waals surface area contributed by atoms with Gasteiger partial charge in [-0.1, -0.05) is 27.5 Å². The van der Waals surface area contributed by atoms with E-state index in [1.54, 1.807) is 12.1 Å². The van der Waals surface area contributed by atoms with E-state index in [1.807, 2.05) is 6.07 Å². The Balaban J connectivity index is 2.47. The average Bonchev–Trinajstić information content (AvgIpc) is 2.21. The highest BCUT2D eigenvalue weighted by atomic mass is 79.9. The van der Waals surface area contributed by atoms with E-state index < -0.39 is 0 Å². The van der Waals surface area contributed by atoms with E-state index in [9.17, 15) is 4.79 Å². The number of methoxy groups -OCH3 is 1. The first kappa shape index (κ1) is 12.3. The maximum atomic E-state index is 10.8. The molecule has 1 aromatic carbocycles. The molecule has 0 fully saturated rings. The minimum Gasteiger partial charge on any atom is -0.491 e. The second-order valence-corrected chi connectivity index (χ2v) is 4.07. The molecular weight excluding hydrogens is 283 g/mol. The van der Waals surface area contributed by atoms with Crippen LogP contribution in [0.1, 0.15) is 6.42 Å². The second-order valence-electron chi connectivity index (χ2n) is 2.75. The van der Waals surface area contributed by atoms with Crippen LogP contribution in [0.3, 0.4) is 0 Å². The van der Waals surface area contributed by atoms with E-state index >= 15 is 0 Å². The third kappa shape index (κ3) is 4.10. The van der Waals surface area contributed by atoms with Gasteiger partial charge in [0, 0.05) is 4.47 Å². The molecule has 0 aromatic heterocycles. The van der Waals surface area contributed by atoms with Gasteiger partial charge in [0.2, 0.25) is 0 Å². The van der Waals surface area contributed by atoms with E-state index in [2.05, 4.69) is 20.7 Å². The minimum atomic E-state index is -0.303. The van der Waals surface area contributed by atoms with Crippen molar-refractivity contribution in [1.29, 1.82) is 0 Å². The largest absolute Gasteiger partial charge is 0.491 e. The number of halogens is 2. The molecule has 1 aromatic rings. The van der Waals surface area contributed by atoms with Crippen molar-refractivity contribution in [3.8, 4) is 5.75 Å². The first-order chi connectivity index (χ1) is 7.13. The maximum absolute atomic E-state index is 10.8. The zero-order valence-electron chi connectivity index (χ0n) is 8.13. The van der Waals surface area contributed by atoms with Crippen LogP contribution in [0, 0.1) is 0 Å². The van der Waals surface area contributed by atoms with E-state index in [1.165, 1.54) is 7.11 Å². The number of benzene rings is 1. The summed E-state index contributed by atoms with van der Waals surface area (Å²) in [5.74, 6) is 0.256. The number of esters is 1. The molecule has 0 radical (unpaired) electrons. The van der Waals surface area contributed by atoms with Crippen LogP contribution >= 0.6 is 27.5 Å². The van der Waals surface area contributed by atoms with Crippen LogP contribution in [0.4, 0.5) is 0 Å². The molecule has 0 aliphatic rings. The van der Waals surface area contributed by atoms with Crippen LogP contribution < -0.4 is 4.74 Å². The molecule has 1 rings (SSSR count). The lowest BCUT2D eigenvalue weighted by molar-refractivity contribution is -0.141. The van der Waals surface area contributed by atoms with Crippen LogP contribution in [-0.2, 0) is 9.53 Å². The van der Waals surface area contributed by atoms with Gasteiger partial charge in [-0.05, 0) is 18.2 Å². The smallest absolute Gasteiger partial charge is 0.308 e. The number of rotatable bonds is 4. The Morgan fingerprint density at radius 1 is 1.53 bits per heavy atom. The van der Waals surface area contributed by atoms with E-state index in [-0.39, 0.29) is 19.0 Å². The molecule has 0 atom stereocenters. The number of carbonyl (C=O) groups is 1. The molecule has 0 spiro atoms. The summed E-state index contributed by atoms with van der Waals surface area (Å²) in [4.78, 5) is 10.8. The highest BCUT2D eigenvalue weighted by Crippen LogP contribution is 2.27. The Morgan fingerprint density at radius 2 is 2.27 bits per heavy atom. The fourth-order valence-electron chi connectivity index (χ4n) is 0.939. The molecule has 3 nitrogen and oxygen atoms in total. The van der Waals surface area contributed by atoms with Crippen LogP contribution in [0.2, 0.25) is 5.02 Å². The zero-order chi connectivity index (χ0) is 11.3. The van der Waals surface area contributed by atoms with E-state index in [0.29, 0.717) is 10.8 Å². The first-order valence-electron chi connectivity index (χ1n) is 4.28. The van der Waals surface area contributed by atoms with Gasteiger partial charge in [0.1, 0.15) is 5.75 Å². The minimum absolute atomic E-state index is 0.211. The summed E-state index contributed by atoms with van der Waals surface area (Å²) in [6.07, 6.45) is 0.211. The van der Waals surface area contributed by atoms with Crippen molar-refractivity contribution in [3.05, 3.63) is 27.7 Å².